The van der Waals surface area contributed by atoms with E-state index in [0.29, 0.717) is 28.1 Å². The first-order valence-electron chi connectivity index (χ1n) is 7.76. The Morgan fingerprint density at radius 1 is 1.35 bits per heavy atom. The molecule has 0 fully saturated rings. The van der Waals surface area contributed by atoms with Gasteiger partial charge in [0.2, 0.25) is 5.91 Å². The van der Waals surface area contributed by atoms with Crippen LogP contribution in [0, 0.1) is 6.92 Å². The van der Waals surface area contributed by atoms with Gasteiger partial charge in [-0.3, -0.25) is 9.59 Å². The molecule has 0 spiro atoms. The monoisotopic (exact) mass is 427 g/mol. The Labute approximate surface area is 168 Å². The number of amides is 1. The van der Waals surface area contributed by atoms with E-state index >= 15 is 0 Å². The Morgan fingerprint density at radius 3 is 2.88 bits per heavy atom. The summed E-state index contributed by atoms with van der Waals surface area (Å²) in [5, 5.41) is 6.13. The molecular formula is C17H15Cl2N3O2S2. The molecule has 0 saturated carbocycles. The topological polar surface area (TPSA) is 64.0 Å². The van der Waals surface area contributed by atoms with Crippen molar-refractivity contribution >= 4 is 56.9 Å². The molecule has 0 aliphatic rings. The maximum Gasteiger partial charge on any atom is 0.307 e. The van der Waals surface area contributed by atoms with Gasteiger partial charge in [-0.15, -0.1) is 11.3 Å². The van der Waals surface area contributed by atoms with Gasteiger partial charge in [-0.25, -0.2) is 4.98 Å². The van der Waals surface area contributed by atoms with E-state index in [0.717, 1.165) is 27.5 Å². The van der Waals surface area contributed by atoms with Gasteiger partial charge < -0.3 is 9.88 Å². The van der Waals surface area contributed by atoms with E-state index in [1.165, 1.54) is 11.3 Å². The van der Waals surface area contributed by atoms with Crippen molar-refractivity contribution in [3.8, 4) is 0 Å². The van der Waals surface area contributed by atoms with Crippen LogP contribution in [0.25, 0.3) is 0 Å². The summed E-state index contributed by atoms with van der Waals surface area (Å²) in [5.41, 5.74) is 1.77. The number of anilines is 1. The molecule has 0 saturated heterocycles. The lowest BCUT2D eigenvalue weighted by molar-refractivity contribution is -0.116. The van der Waals surface area contributed by atoms with Crippen LogP contribution in [-0.4, -0.2) is 15.5 Å². The van der Waals surface area contributed by atoms with E-state index in [4.69, 9.17) is 23.2 Å². The molecule has 1 amide bonds. The van der Waals surface area contributed by atoms with Crippen LogP contribution < -0.4 is 10.2 Å². The van der Waals surface area contributed by atoms with Crippen LogP contribution >= 0.6 is 45.9 Å². The third-order valence-corrected chi connectivity index (χ3v) is 6.39. The summed E-state index contributed by atoms with van der Waals surface area (Å²) in [4.78, 5) is 28.9. The molecule has 3 aromatic rings. The molecule has 0 bridgehead atoms. The first-order chi connectivity index (χ1) is 12.4. The summed E-state index contributed by atoms with van der Waals surface area (Å²) in [7, 11) is 0. The quantitative estimate of drug-likeness (QED) is 0.624. The highest BCUT2D eigenvalue weighted by Gasteiger charge is 2.11. The predicted molar refractivity (Wildman–Crippen MR) is 108 cm³/mol. The molecule has 0 radical (unpaired) electrons. The number of nitrogens with zero attached hydrogens (tertiary/aromatic N) is 2. The van der Waals surface area contributed by atoms with E-state index in [2.05, 4.69) is 10.3 Å². The Morgan fingerprint density at radius 2 is 2.15 bits per heavy atom. The van der Waals surface area contributed by atoms with Gasteiger partial charge in [0.25, 0.3) is 0 Å². The number of thiazole rings is 2. The summed E-state index contributed by atoms with van der Waals surface area (Å²) in [6, 6.07) is 5.50. The number of carbonyl (C=O) groups excluding carboxylic acids is 1. The number of rotatable bonds is 6. The number of halogens is 2. The maximum absolute atomic E-state index is 12.1. The second-order valence-electron chi connectivity index (χ2n) is 5.61. The summed E-state index contributed by atoms with van der Waals surface area (Å²) in [6.45, 7) is 2.21. The molecular weight excluding hydrogens is 413 g/mol. The molecule has 2 aromatic heterocycles. The summed E-state index contributed by atoms with van der Waals surface area (Å²) < 4.78 is 1.60. The fourth-order valence-electron chi connectivity index (χ4n) is 2.39. The minimum absolute atomic E-state index is 0.0507. The molecule has 1 N–H and O–H groups in total. The Hall–Kier alpha value is -1.67. The lowest BCUT2D eigenvalue weighted by atomic mass is 10.1. The van der Waals surface area contributed by atoms with E-state index in [9.17, 15) is 9.59 Å². The summed E-state index contributed by atoms with van der Waals surface area (Å²) in [6.07, 6.45) is 2.52. The van der Waals surface area contributed by atoms with Crippen LogP contribution in [0.2, 0.25) is 10.0 Å². The number of aryl methyl sites for hydroxylation is 1. The van der Waals surface area contributed by atoms with Crippen molar-refractivity contribution in [1.82, 2.24) is 9.55 Å². The van der Waals surface area contributed by atoms with Crippen LogP contribution in [0.4, 0.5) is 5.13 Å². The van der Waals surface area contributed by atoms with Gasteiger partial charge in [-0.2, -0.15) is 0 Å². The van der Waals surface area contributed by atoms with E-state index in [1.807, 2.05) is 19.1 Å². The SMILES string of the molecule is Cc1csc(=O)n1CCC(=O)Nc1ncc(Cc2cccc(Cl)c2Cl)s1. The average molecular weight is 428 g/mol. The van der Waals surface area contributed by atoms with Crippen molar-refractivity contribution in [3.05, 3.63) is 65.6 Å². The highest BCUT2D eigenvalue weighted by Crippen LogP contribution is 2.29. The van der Waals surface area contributed by atoms with Crippen molar-refractivity contribution in [2.45, 2.75) is 26.3 Å². The lowest BCUT2D eigenvalue weighted by Crippen LogP contribution is -2.20. The van der Waals surface area contributed by atoms with Crippen molar-refractivity contribution in [1.29, 1.82) is 0 Å². The van der Waals surface area contributed by atoms with Gasteiger partial charge in [-0.05, 0) is 18.6 Å². The standard InChI is InChI=1S/C17H15Cl2N3O2S2/c1-10-9-25-17(24)22(10)6-5-14(23)21-16-20-8-12(26-16)7-11-3-2-4-13(18)15(11)19/h2-4,8-9H,5-7H2,1H3,(H,20,21,23). The highest BCUT2D eigenvalue weighted by molar-refractivity contribution is 7.15. The van der Waals surface area contributed by atoms with Crippen LogP contribution in [-0.2, 0) is 17.8 Å². The maximum atomic E-state index is 12.1. The number of hydrogen-bond acceptors (Lipinski definition) is 5. The first-order valence-corrected chi connectivity index (χ1v) is 10.2. The molecule has 0 atom stereocenters. The van der Waals surface area contributed by atoms with Gasteiger partial charge in [-0.1, -0.05) is 46.7 Å². The van der Waals surface area contributed by atoms with E-state index in [-0.39, 0.29) is 17.2 Å². The van der Waals surface area contributed by atoms with Crippen LogP contribution in [0.15, 0.2) is 34.6 Å². The largest absolute Gasteiger partial charge is 0.307 e. The zero-order valence-electron chi connectivity index (χ0n) is 13.8. The van der Waals surface area contributed by atoms with Crippen LogP contribution in [0.1, 0.15) is 22.6 Å². The average Bonchev–Trinajstić information content (AvgIpc) is 3.17. The van der Waals surface area contributed by atoms with E-state index < -0.39 is 0 Å². The van der Waals surface area contributed by atoms with Crippen molar-refractivity contribution in [2.75, 3.05) is 5.32 Å². The lowest BCUT2D eigenvalue weighted by Gasteiger charge is -2.04. The zero-order valence-corrected chi connectivity index (χ0v) is 16.9. The Balaban J connectivity index is 1.59. The molecule has 5 nitrogen and oxygen atoms in total. The highest BCUT2D eigenvalue weighted by atomic mass is 35.5. The van der Waals surface area contributed by atoms with Crippen LogP contribution in [0.5, 0.6) is 0 Å². The molecule has 0 aliphatic heterocycles. The third-order valence-electron chi connectivity index (χ3n) is 3.74. The van der Waals surface area contributed by atoms with Crippen molar-refractivity contribution < 1.29 is 4.79 Å². The normalized spacial score (nSPS) is 10.9. The molecule has 136 valence electrons. The Bertz CT molecular complexity index is 994. The zero-order chi connectivity index (χ0) is 18.7. The summed E-state index contributed by atoms with van der Waals surface area (Å²) >= 11 is 14.8. The summed E-state index contributed by atoms with van der Waals surface area (Å²) in [5.74, 6) is -0.177. The second-order valence-corrected chi connectivity index (χ2v) is 8.34. The number of nitrogens with one attached hydrogen (secondary N) is 1. The second kappa shape index (κ2) is 8.35. The van der Waals surface area contributed by atoms with Gasteiger partial charge in [0, 0.05) is 41.5 Å². The number of aromatic nitrogens is 2. The molecule has 1 aromatic carbocycles. The molecule has 2 heterocycles. The minimum atomic E-state index is -0.177. The number of hydrogen-bond donors (Lipinski definition) is 1. The van der Waals surface area contributed by atoms with Crippen molar-refractivity contribution in [2.24, 2.45) is 0 Å². The molecule has 9 heteroatoms. The molecule has 0 unspecified atom stereocenters. The molecule has 3 rings (SSSR count). The smallest absolute Gasteiger partial charge is 0.303 e. The number of benzene rings is 1. The molecule has 0 aliphatic carbocycles. The van der Waals surface area contributed by atoms with Gasteiger partial charge >= 0.3 is 4.87 Å². The van der Waals surface area contributed by atoms with Crippen LogP contribution in [0.3, 0.4) is 0 Å². The third kappa shape index (κ3) is 4.54. The fourth-order valence-corrected chi connectivity index (χ4v) is 4.39. The number of carbonyl (C=O) groups is 1. The van der Waals surface area contributed by atoms with E-state index in [1.54, 1.807) is 22.2 Å². The van der Waals surface area contributed by atoms with Gasteiger partial charge in [0.1, 0.15) is 0 Å². The first kappa shape index (κ1) is 19.1. The molecule has 26 heavy (non-hydrogen) atoms. The van der Waals surface area contributed by atoms with Gasteiger partial charge in [0.15, 0.2) is 5.13 Å². The van der Waals surface area contributed by atoms with Crippen molar-refractivity contribution in [3.63, 3.8) is 0 Å². The minimum Gasteiger partial charge on any atom is -0.303 e. The van der Waals surface area contributed by atoms with Gasteiger partial charge in [0.05, 0.1) is 10.0 Å². The fraction of sp³-hybridized carbons (Fsp3) is 0.235. The predicted octanol–water partition coefficient (Wildman–Crippen LogP) is 4.60. The Kier molecular flexibility index (Phi) is 6.13.